The van der Waals surface area contributed by atoms with Gasteiger partial charge in [0, 0.05) is 26.2 Å². The summed E-state index contributed by atoms with van der Waals surface area (Å²) in [5.74, 6) is 0.478. The zero-order valence-electron chi connectivity index (χ0n) is 24.0. The van der Waals surface area contributed by atoms with Gasteiger partial charge in [0.25, 0.3) is 0 Å². The minimum absolute atomic E-state index is 0.137. The van der Waals surface area contributed by atoms with Crippen molar-refractivity contribution in [1.82, 2.24) is 14.9 Å². The zero-order valence-corrected chi connectivity index (χ0v) is 25.6. The first-order valence-electron chi connectivity index (χ1n) is 12.8. The highest BCUT2D eigenvalue weighted by Gasteiger charge is 2.23. The van der Waals surface area contributed by atoms with Crippen molar-refractivity contribution in [2.24, 2.45) is 0 Å². The highest BCUT2D eigenvalue weighted by atomic mass is 35.5. The number of hydrogen-bond acceptors (Lipinski definition) is 10. The molecule has 0 atom stereocenters. The van der Waals surface area contributed by atoms with Crippen LogP contribution < -0.4 is 25.6 Å². The molecule has 3 rings (SSSR count). The maximum atomic E-state index is 12.9. The zero-order chi connectivity index (χ0) is 30.3. The third kappa shape index (κ3) is 7.87. The average Bonchev–Trinajstić information content (AvgIpc) is 2.93. The number of methoxy groups -OCH3 is 1. The summed E-state index contributed by atoms with van der Waals surface area (Å²) in [6, 6.07) is 10.1. The first kappa shape index (κ1) is 31.7. The molecule has 220 valence electrons. The van der Waals surface area contributed by atoms with Crippen LogP contribution in [0.25, 0.3) is 0 Å². The Morgan fingerprint density at radius 1 is 1.10 bits per heavy atom. The van der Waals surface area contributed by atoms with Crippen LogP contribution in [0.5, 0.6) is 5.75 Å². The monoisotopic (exact) mass is 601 g/mol. The van der Waals surface area contributed by atoms with Crippen molar-refractivity contribution in [2.75, 3.05) is 62.2 Å². The van der Waals surface area contributed by atoms with Crippen molar-refractivity contribution >= 4 is 61.9 Å². The number of ether oxygens (including phenoxy) is 1. The molecule has 0 aliphatic heterocycles. The van der Waals surface area contributed by atoms with Gasteiger partial charge in [-0.05, 0) is 52.2 Å². The summed E-state index contributed by atoms with van der Waals surface area (Å²) in [6.07, 6.45) is 2.59. The lowest BCUT2D eigenvalue weighted by atomic mass is 10.2. The van der Waals surface area contributed by atoms with Crippen LogP contribution >= 0.6 is 11.6 Å². The van der Waals surface area contributed by atoms with Crippen molar-refractivity contribution in [3.63, 3.8) is 0 Å². The Morgan fingerprint density at radius 2 is 1.80 bits per heavy atom. The fraction of sp³-hybridized carbons (Fsp3) is 0.321. The molecule has 1 heterocycles. The van der Waals surface area contributed by atoms with Crippen LogP contribution in [-0.4, -0.2) is 75.8 Å². The van der Waals surface area contributed by atoms with Gasteiger partial charge in [0.15, 0.2) is 15.7 Å². The molecule has 0 aliphatic rings. The molecule has 3 aromatic rings. The molecular weight excluding hydrogens is 566 g/mol. The van der Waals surface area contributed by atoms with Gasteiger partial charge in [0.1, 0.15) is 10.8 Å². The van der Waals surface area contributed by atoms with Crippen LogP contribution in [-0.2, 0) is 14.6 Å². The molecule has 3 N–H and O–H groups in total. The highest BCUT2D eigenvalue weighted by Crippen LogP contribution is 2.38. The van der Waals surface area contributed by atoms with Crippen molar-refractivity contribution < 1.29 is 17.9 Å². The molecule has 11 nitrogen and oxygen atoms in total. The molecule has 0 saturated carbocycles. The lowest BCUT2D eigenvalue weighted by molar-refractivity contribution is -0.111. The number of hydrogen-bond donors (Lipinski definition) is 3. The minimum Gasteiger partial charge on any atom is -0.494 e. The summed E-state index contributed by atoms with van der Waals surface area (Å²) in [4.78, 5) is 25.2. The third-order valence-electron chi connectivity index (χ3n) is 6.11. The molecule has 0 unspecified atom stereocenters. The number of amides is 1. The Hall–Kier alpha value is -3.87. The van der Waals surface area contributed by atoms with Gasteiger partial charge < -0.3 is 30.5 Å². The predicted molar refractivity (Wildman–Crippen MR) is 166 cm³/mol. The molecule has 0 saturated heterocycles. The van der Waals surface area contributed by atoms with Crippen LogP contribution in [0.3, 0.4) is 0 Å². The quantitative estimate of drug-likeness (QED) is 0.232. The Balaban J connectivity index is 2.00. The molecule has 0 spiro atoms. The first-order valence-corrected chi connectivity index (χ1v) is 14.7. The summed E-state index contributed by atoms with van der Waals surface area (Å²) in [5, 5.41) is 8.58. The molecule has 0 bridgehead atoms. The summed E-state index contributed by atoms with van der Waals surface area (Å²) in [7, 11) is 3.85. The van der Waals surface area contributed by atoms with E-state index >= 15 is 0 Å². The number of nitrogens with zero attached hydrogens (tertiary/aromatic N) is 4. The number of nitrogens with one attached hydrogen (secondary N) is 3. The van der Waals surface area contributed by atoms with E-state index in [0.29, 0.717) is 29.4 Å². The number of likely N-dealkylation sites (N-methyl/N-ethyl adjacent to an activating group) is 2. The number of para-hydroxylation sites is 1. The Morgan fingerprint density at radius 3 is 2.44 bits per heavy atom. The molecule has 13 heteroatoms. The van der Waals surface area contributed by atoms with Crippen molar-refractivity contribution in [3.8, 4) is 5.75 Å². The topological polar surface area (TPSA) is 129 Å². The number of rotatable bonds is 13. The fourth-order valence-electron chi connectivity index (χ4n) is 3.74. The molecule has 0 aliphatic carbocycles. The van der Waals surface area contributed by atoms with Gasteiger partial charge in [-0.1, -0.05) is 30.3 Å². The van der Waals surface area contributed by atoms with Crippen LogP contribution in [0, 0.1) is 0 Å². The number of benzene rings is 2. The lowest BCUT2D eigenvalue weighted by Crippen LogP contribution is -2.29. The minimum atomic E-state index is -3.57. The summed E-state index contributed by atoms with van der Waals surface area (Å²) < 4.78 is 31.5. The van der Waals surface area contributed by atoms with Gasteiger partial charge in [0.05, 0.1) is 46.2 Å². The van der Waals surface area contributed by atoms with Gasteiger partial charge in [-0.3, -0.25) is 4.79 Å². The standard InChI is InChI=1S/C28H36ClN7O4S/c1-8-26(37)31-21-15-22(24(40-7)16-23(21)36(6)14-13-35(4)5)33-28-30-17-19(29)27(34-28)32-20-11-9-10-12-25(20)41(38,39)18(2)3/h8-12,15-18H,1,13-14H2,2-7H3,(H,31,37)(H2,30,32,33,34). The molecule has 1 aromatic heterocycles. The molecule has 0 radical (unpaired) electrons. The number of sulfone groups is 1. The maximum Gasteiger partial charge on any atom is 0.247 e. The van der Waals surface area contributed by atoms with E-state index in [1.54, 1.807) is 44.2 Å². The second kappa shape index (κ2) is 13.7. The van der Waals surface area contributed by atoms with Gasteiger partial charge in [-0.15, -0.1) is 0 Å². The van der Waals surface area contributed by atoms with Gasteiger partial charge in [-0.2, -0.15) is 4.98 Å². The van der Waals surface area contributed by atoms with Crippen LogP contribution in [0.15, 0.2) is 60.1 Å². The lowest BCUT2D eigenvalue weighted by Gasteiger charge is -2.26. The van der Waals surface area contributed by atoms with Gasteiger partial charge in [0.2, 0.25) is 11.9 Å². The van der Waals surface area contributed by atoms with E-state index in [0.717, 1.165) is 12.2 Å². The summed E-state index contributed by atoms with van der Waals surface area (Å²) in [6.45, 7) is 8.28. The van der Waals surface area contributed by atoms with E-state index in [2.05, 4.69) is 37.4 Å². The number of aromatic nitrogens is 2. The van der Waals surface area contributed by atoms with Gasteiger partial charge in [-0.25, -0.2) is 13.4 Å². The van der Waals surface area contributed by atoms with E-state index in [4.69, 9.17) is 16.3 Å². The number of anilines is 6. The molecule has 2 aromatic carbocycles. The van der Waals surface area contributed by atoms with E-state index in [1.807, 2.05) is 26.0 Å². The number of carbonyl (C=O) groups is 1. The molecular formula is C28H36ClN7O4S. The Labute approximate surface area is 246 Å². The van der Waals surface area contributed by atoms with Crippen LogP contribution in [0.4, 0.5) is 34.5 Å². The van der Waals surface area contributed by atoms with Crippen LogP contribution in [0.2, 0.25) is 5.02 Å². The summed E-state index contributed by atoms with van der Waals surface area (Å²) >= 11 is 6.39. The van der Waals surface area contributed by atoms with E-state index in [-0.39, 0.29) is 27.6 Å². The SMILES string of the molecule is C=CC(=O)Nc1cc(Nc2ncc(Cl)c(Nc3ccccc3S(=O)(=O)C(C)C)n2)c(OC)cc1N(C)CCN(C)C. The predicted octanol–water partition coefficient (Wildman–Crippen LogP) is 4.93. The van der Waals surface area contributed by atoms with Gasteiger partial charge >= 0.3 is 0 Å². The third-order valence-corrected chi connectivity index (χ3v) is 8.60. The highest BCUT2D eigenvalue weighted by molar-refractivity contribution is 7.92. The first-order chi connectivity index (χ1) is 19.4. The molecule has 1 amide bonds. The van der Waals surface area contributed by atoms with Crippen molar-refractivity contribution in [1.29, 1.82) is 0 Å². The summed E-state index contributed by atoms with van der Waals surface area (Å²) in [5.41, 5.74) is 2.09. The van der Waals surface area contributed by atoms with Crippen LogP contribution in [0.1, 0.15) is 13.8 Å². The number of halogens is 1. The maximum absolute atomic E-state index is 12.9. The Bertz CT molecular complexity index is 1510. The van der Waals surface area contributed by atoms with Crippen molar-refractivity contribution in [2.45, 2.75) is 24.0 Å². The normalized spacial score (nSPS) is 11.3. The fourth-order valence-corrected chi connectivity index (χ4v) is 5.08. The smallest absolute Gasteiger partial charge is 0.247 e. The van der Waals surface area contributed by atoms with Crippen molar-refractivity contribution in [3.05, 3.63) is 60.3 Å². The van der Waals surface area contributed by atoms with E-state index < -0.39 is 15.1 Å². The largest absolute Gasteiger partial charge is 0.494 e. The van der Waals surface area contributed by atoms with E-state index in [9.17, 15) is 13.2 Å². The molecule has 41 heavy (non-hydrogen) atoms. The Kier molecular flexibility index (Phi) is 10.5. The second-order valence-electron chi connectivity index (χ2n) is 9.72. The number of carbonyl (C=O) groups excluding carboxylic acids is 1. The van der Waals surface area contributed by atoms with E-state index in [1.165, 1.54) is 25.4 Å². The average molecular weight is 602 g/mol. The molecule has 0 fully saturated rings. The second-order valence-corrected chi connectivity index (χ2v) is 12.6.